The Bertz CT molecular complexity index is 861. The van der Waals surface area contributed by atoms with E-state index in [1.165, 1.54) is 29.3 Å². The van der Waals surface area contributed by atoms with Gasteiger partial charge in [0.2, 0.25) is 0 Å². The molecule has 26 heavy (non-hydrogen) atoms. The molecule has 0 spiro atoms. The van der Waals surface area contributed by atoms with Gasteiger partial charge in [0.1, 0.15) is 17.2 Å². The molecule has 0 saturated heterocycles. The Balaban J connectivity index is 1.63. The van der Waals surface area contributed by atoms with E-state index in [2.05, 4.69) is 16.6 Å². The molecule has 6 heteroatoms. The van der Waals surface area contributed by atoms with Crippen molar-refractivity contribution in [2.75, 3.05) is 0 Å². The third-order valence-electron chi connectivity index (χ3n) is 4.46. The molecule has 0 aromatic heterocycles. The standard InChI is InChI=1S/C20H22N2O4/c1-12(18-11-16(23)7-9-19(18)24)21-22-20(25)13(2)26-17-8-6-14-4-3-5-15(14)10-17/h6-11,13,23-24H,3-5H2,1-2H3,(H,22,25)/b21-12-/t13-/m0/s1. The number of aryl methyl sites for hydroxylation is 2. The molecule has 0 fully saturated rings. The van der Waals surface area contributed by atoms with Gasteiger partial charge in [-0.1, -0.05) is 6.07 Å². The van der Waals surface area contributed by atoms with E-state index in [4.69, 9.17) is 4.74 Å². The molecule has 136 valence electrons. The normalized spacial score (nSPS) is 14.6. The van der Waals surface area contributed by atoms with Gasteiger partial charge in [0, 0.05) is 5.56 Å². The number of carbonyl (C=O) groups is 1. The number of fused-ring (bicyclic) bond motifs is 1. The molecule has 3 N–H and O–H groups in total. The second-order valence-electron chi connectivity index (χ2n) is 6.42. The number of phenolic OH excluding ortho intramolecular Hbond substituents is 2. The van der Waals surface area contributed by atoms with Gasteiger partial charge in [-0.2, -0.15) is 5.10 Å². The molecule has 0 heterocycles. The quantitative estimate of drug-likeness (QED) is 0.437. The van der Waals surface area contributed by atoms with Crippen LogP contribution in [0.3, 0.4) is 0 Å². The van der Waals surface area contributed by atoms with E-state index in [0.717, 1.165) is 19.3 Å². The van der Waals surface area contributed by atoms with Crippen molar-refractivity contribution in [1.82, 2.24) is 5.43 Å². The number of nitrogens with one attached hydrogen (secondary N) is 1. The highest BCUT2D eigenvalue weighted by Gasteiger charge is 2.17. The van der Waals surface area contributed by atoms with Gasteiger partial charge in [0.15, 0.2) is 6.10 Å². The topological polar surface area (TPSA) is 91.2 Å². The van der Waals surface area contributed by atoms with Gasteiger partial charge in [-0.05, 0) is 74.6 Å². The minimum Gasteiger partial charge on any atom is -0.508 e. The predicted molar refractivity (Wildman–Crippen MR) is 98.7 cm³/mol. The molecule has 1 atom stereocenters. The number of amides is 1. The minimum atomic E-state index is -0.719. The number of hydrazone groups is 1. The van der Waals surface area contributed by atoms with Crippen LogP contribution in [0.2, 0.25) is 0 Å². The Morgan fingerprint density at radius 1 is 1.15 bits per heavy atom. The van der Waals surface area contributed by atoms with Crippen molar-refractivity contribution in [2.24, 2.45) is 5.10 Å². The number of hydrogen-bond donors (Lipinski definition) is 3. The van der Waals surface area contributed by atoms with Crippen LogP contribution < -0.4 is 10.2 Å². The van der Waals surface area contributed by atoms with Gasteiger partial charge in [0.05, 0.1) is 5.71 Å². The van der Waals surface area contributed by atoms with Crippen LogP contribution >= 0.6 is 0 Å². The zero-order valence-corrected chi connectivity index (χ0v) is 14.8. The van der Waals surface area contributed by atoms with E-state index in [9.17, 15) is 15.0 Å². The largest absolute Gasteiger partial charge is 0.508 e. The summed E-state index contributed by atoms with van der Waals surface area (Å²) in [7, 11) is 0. The molecule has 3 rings (SSSR count). The maximum Gasteiger partial charge on any atom is 0.280 e. The number of benzene rings is 2. The molecular weight excluding hydrogens is 332 g/mol. The van der Waals surface area contributed by atoms with Gasteiger partial charge < -0.3 is 14.9 Å². The Hall–Kier alpha value is -3.02. The molecule has 0 saturated carbocycles. The number of carbonyl (C=O) groups excluding carboxylic acids is 1. The van der Waals surface area contributed by atoms with E-state index < -0.39 is 12.0 Å². The summed E-state index contributed by atoms with van der Waals surface area (Å²) in [4.78, 5) is 12.2. The summed E-state index contributed by atoms with van der Waals surface area (Å²) >= 11 is 0. The third kappa shape index (κ3) is 3.96. The fourth-order valence-corrected chi connectivity index (χ4v) is 2.98. The highest BCUT2D eigenvalue weighted by Crippen LogP contribution is 2.26. The zero-order chi connectivity index (χ0) is 18.7. The fourth-order valence-electron chi connectivity index (χ4n) is 2.98. The Kier molecular flexibility index (Phi) is 5.11. The number of nitrogens with zero attached hydrogens (tertiary/aromatic N) is 1. The van der Waals surface area contributed by atoms with Gasteiger partial charge in [-0.25, -0.2) is 5.43 Å². The van der Waals surface area contributed by atoms with Crippen molar-refractivity contribution in [1.29, 1.82) is 0 Å². The Morgan fingerprint density at radius 2 is 1.92 bits per heavy atom. The molecule has 1 aliphatic carbocycles. The van der Waals surface area contributed by atoms with Crippen LogP contribution in [0.25, 0.3) is 0 Å². The number of phenols is 2. The first kappa shape index (κ1) is 17.8. The summed E-state index contributed by atoms with van der Waals surface area (Å²) in [6, 6.07) is 10.0. The molecule has 0 radical (unpaired) electrons. The number of aromatic hydroxyl groups is 2. The summed E-state index contributed by atoms with van der Waals surface area (Å²) in [5.41, 5.74) is 5.78. The monoisotopic (exact) mass is 354 g/mol. The van der Waals surface area contributed by atoms with Crippen LogP contribution in [0, 0.1) is 0 Å². The molecule has 2 aromatic carbocycles. The summed E-state index contributed by atoms with van der Waals surface area (Å²) in [6.45, 7) is 3.28. The van der Waals surface area contributed by atoms with Crippen LogP contribution in [0.5, 0.6) is 17.2 Å². The lowest BCUT2D eigenvalue weighted by Crippen LogP contribution is -2.34. The second-order valence-corrected chi connectivity index (χ2v) is 6.42. The van der Waals surface area contributed by atoms with Crippen LogP contribution in [0.15, 0.2) is 41.5 Å². The molecule has 2 aromatic rings. The van der Waals surface area contributed by atoms with Crippen molar-refractivity contribution >= 4 is 11.6 Å². The van der Waals surface area contributed by atoms with Crippen LogP contribution in [-0.4, -0.2) is 27.9 Å². The van der Waals surface area contributed by atoms with Crippen LogP contribution in [-0.2, 0) is 17.6 Å². The molecule has 0 bridgehead atoms. The van der Waals surface area contributed by atoms with Crippen molar-refractivity contribution in [2.45, 2.75) is 39.2 Å². The third-order valence-corrected chi connectivity index (χ3v) is 4.46. The van der Waals surface area contributed by atoms with Crippen LogP contribution in [0.4, 0.5) is 0 Å². The van der Waals surface area contributed by atoms with Crippen LogP contribution in [0.1, 0.15) is 37.0 Å². The van der Waals surface area contributed by atoms with Gasteiger partial charge in [-0.3, -0.25) is 4.79 Å². The molecule has 1 amide bonds. The highest BCUT2D eigenvalue weighted by atomic mass is 16.5. The van der Waals surface area contributed by atoms with Crippen molar-refractivity contribution in [3.8, 4) is 17.2 Å². The second kappa shape index (κ2) is 7.47. The Labute approximate surface area is 152 Å². The zero-order valence-electron chi connectivity index (χ0n) is 14.8. The maximum atomic E-state index is 12.2. The lowest BCUT2D eigenvalue weighted by molar-refractivity contribution is -0.127. The lowest BCUT2D eigenvalue weighted by Gasteiger charge is -2.14. The first-order chi connectivity index (χ1) is 12.4. The molecule has 0 aliphatic heterocycles. The summed E-state index contributed by atoms with van der Waals surface area (Å²) in [6.07, 6.45) is 2.58. The van der Waals surface area contributed by atoms with E-state index in [-0.39, 0.29) is 11.5 Å². The minimum absolute atomic E-state index is 0.00647. The van der Waals surface area contributed by atoms with E-state index >= 15 is 0 Å². The maximum absolute atomic E-state index is 12.2. The van der Waals surface area contributed by atoms with Crippen molar-refractivity contribution in [3.05, 3.63) is 53.1 Å². The summed E-state index contributed by atoms with van der Waals surface area (Å²) in [5.74, 6) is 0.247. The van der Waals surface area contributed by atoms with Crippen molar-refractivity contribution < 1.29 is 19.7 Å². The summed E-state index contributed by atoms with van der Waals surface area (Å²) in [5, 5.41) is 23.3. The summed E-state index contributed by atoms with van der Waals surface area (Å²) < 4.78 is 5.71. The van der Waals surface area contributed by atoms with E-state index in [0.29, 0.717) is 17.0 Å². The molecule has 0 unspecified atom stereocenters. The van der Waals surface area contributed by atoms with E-state index in [1.807, 2.05) is 12.1 Å². The van der Waals surface area contributed by atoms with Gasteiger partial charge >= 0.3 is 0 Å². The first-order valence-electron chi connectivity index (χ1n) is 8.59. The number of ether oxygens (including phenoxy) is 1. The lowest BCUT2D eigenvalue weighted by atomic mass is 10.1. The average Bonchev–Trinajstić information content (AvgIpc) is 3.09. The molecular formula is C20H22N2O4. The first-order valence-corrected chi connectivity index (χ1v) is 8.59. The molecule has 1 aliphatic rings. The molecule has 6 nitrogen and oxygen atoms in total. The van der Waals surface area contributed by atoms with Crippen molar-refractivity contribution in [3.63, 3.8) is 0 Å². The predicted octanol–water partition coefficient (Wildman–Crippen LogP) is 2.89. The smallest absolute Gasteiger partial charge is 0.280 e. The Morgan fingerprint density at radius 3 is 2.73 bits per heavy atom. The fraction of sp³-hybridized carbons (Fsp3) is 0.300. The SMILES string of the molecule is C/C(=N/NC(=O)[C@H](C)Oc1ccc2c(c1)CCC2)c1cc(O)ccc1O. The van der Waals surface area contributed by atoms with Gasteiger partial charge in [-0.15, -0.1) is 0 Å². The van der Waals surface area contributed by atoms with E-state index in [1.54, 1.807) is 13.8 Å². The average molecular weight is 354 g/mol. The highest BCUT2D eigenvalue weighted by molar-refractivity contribution is 6.01. The number of hydrogen-bond acceptors (Lipinski definition) is 5. The number of rotatable bonds is 5. The van der Waals surface area contributed by atoms with Gasteiger partial charge in [0.25, 0.3) is 5.91 Å².